The van der Waals surface area contributed by atoms with Crippen LogP contribution in [0.15, 0.2) is 24.3 Å². The third-order valence-corrected chi connectivity index (χ3v) is 4.51. The number of amides is 3. The van der Waals surface area contributed by atoms with Crippen LogP contribution in [0.25, 0.3) is 0 Å². The van der Waals surface area contributed by atoms with E-state index in [0.717, 1.165) is 11.2 Å². The minimum atomic E-state index is -3.36. The largest absolute Gasteiger partial charge is 0.288 e. The Labute approximate surface area is 140 Å². The summed E-state index contributed by atoms with van der Waals surface area (Å²) in [5.74, 6) is -2.12. The summed E-state index contributed by atoms with van der Waals surface area (Å²) in [6.07, 6.45) is 0.875. The molecule has 0 saturated heterocycles. The van der Waals surface area contributed by atoms with Crippen molar-refractivity contribution < 1.29 is 22.8 Å². The number of hydrogen-bond acceptors (Lipinski definition) is 6. The van der Waals surface area contributed by atoms with Crippen molar-refractivity contribution >= 4 is 27.6 Å². The molecule has 0 radical (unpaired) electrons. The number of hydrogen-bond donors (Lipinski definition) is 1. The van der Waals surface area contributed by atoms with Gasteiger partial charge in [0.2, 0.25) is 0 Å². The molecule has 1 aromatic rings. The van der Waals surface area contributed by atoms with E-state index in [-0.39, 0.29) is 23.3 Å². The summed E-state index contributed by atoms with van der Waals surface area (Å²) in [5, 5.41) is 1.37. The highest BCUT2D eigenvalue weighted by Gasteiger charge is 2.42. The van der Waals surface area contributed by atoms with Crippen molar-refractivity contribution in [1.29, 1.82) is 0 Å². The van der Waals surface area contributed by atoms with Gasteiger partial charge in [-0.1, -0.05) is 12.1 Å². The molecule has 1 N–H and O–H groups in total. The number of benzene rings is 1. The Bertz CT molecular complexity index is 753. The number of fused-ring (bicyclic) bond motifs is 1. The van der Waals surface area contributed by atoms with Gasteiger partial charge >= 0.3 is 0 Å². The molecule has 1 aliphatic heterocycles. The minimum Gasteiger partial charge on any atom is -0.288 e. The second-order valence-corrected chi connectivity index (χ2v) is 8.09. The third kappa shape index (κ3) is 3.80. The van der Waals surface area contributed by atoms with Gasteiger partial charge in [-0.25, -0.2) is 13.4 Å². The summed E-state index contributed by atoms with van der Waals surface area (Å²) >= 11 is 0. The quantitative estimate of drug-likeness (QED) is 0.555. The van der Waals surface area contributed by atoms with Gasteiger partial charge in [-0.2, -0.15) is 0 Å². The Kier molecular flexibility index (Phi) is 5.05. The molecule has 130 valence electrons. The van der Waals surface area contributed by atoms with E-state index in [1.54, 1.807) is 26.2 Å². The normalized spacial score (nSPS) is 15.6. The van der Waals surface area contributed by atoms with Crippen LogP contribution in [0.5, 0.6) is 0 Å². The molecule has 2 rings (SSSR count). The van der Waals surface area contributed by atoms with E-state index >= 15 is 0 Å². The predicted molar refractivity (Wildman–Crippen MR) is 86.9 cm³/mol. The van der Waals surface area contributed by atoms with Crippen LogP contribution in [-0.4, -0.2) is 68.2 Å². The zero-order chi connectivity index (χ0) is 18.1. The molecule has 1 aromatic carbocycles. The molecule has 9 heteroatoms. The van der Waals surface area contributed by atoms with Crippen molar-refractivity contribution in [2.45, 2.75) is 12.5 Å². The lowest BCUT2D eigenvalue weighted by atomic mass is 10.1. The van der Waals surface area contributed by atoms with E-state index in [1.807, 2.05) is 0 Å². The molecule has 8 nitrogen and oxygen atoms in total. The van der Waals surface area contributed by atoms with Crippen molar-refractivity contribution in [1.82, 2.24) is 15.3 Å². The fraction of sp³-hybridized carbons (Fsp3) is 0.400. The van der Waals surface area contributed by atoms with E-state index in [9.17, 15) is 22.8 Å². The first-order valence-electron chi connectivity index (χ1n) is 7.24. The number of rotatable bonds is 6. The number of nitrogens with one attached hydrogen (secondary N) is 1. The highest BCUT2D eigenvalue weighted by molar-refractivity contribution is 7.90. The van der Waals surface area contributed by atoms with Crippen molar-refractivity contribution in [3.8, 4) is 0 Å². The fourth-order valence-corrected chi connectivity index (χ4v) is 3.14. The Hall–Kier alpha value is -2.26. The van der Waals surface area contributed by atoms with Gasteiger partial charge in [0.05, 0.1) is 16.9 Å². The Balaban J connectivity index is 2.35. The lowest BCUT2D eigenvalue weighted by Gasteiger charge is -2.26. The van der Waals surface area contributed by atoms with Crippen molar-refractivity contribution in [3.05, 3.63) is 35.4 Å². The average molecular weight is 353 g/mol. The summed E-state index contributed by atoms with van der Waals surface area (Å²) in [7, 11) is -0.201. The number of hydrazine groups is 1. The molecule has 0 aliphatic carbocycles. The van der Waals surface area contributed by atoms with Gasteiger partial charge in [-0.3, -0.25) is 24.7 Å². The SMILES string of the molecule is CN(C)NC(=O)[C@H](CCS(C)(=O)=O)N1C(=O)c2ccccc2C1=O. The first-order valence-corrected chi connectivity index (χ1v) is 9.30. The topological polar surface area (TPSA) is 104 Å². The number of sulfone groups is 1. The molecular formula is C15H19N3O5S. The standard InChI is InChI=1S/C15H19N3O5S/c1-17(2)16-13(19)12(8-9-24(3,22)23)18-14(20)10-6-4-5-7-11(10)15(18)21/h4-7,12H,8-9H2,1-3H3,(H,16,19)/t12-/m0/s1. The maximum atomic E-state index is 12.5. The van der Waals surface area contributed by atoms with Gasteiger partial charge in [0.15, 0.2) is 0 Å². The van der Waals surface area contributed by atoms with E-state index in [1.165, 1.54) is 17.1 Å². The lowest BCUT2D eigenvalue weighted by molar-refractivity contribution is -0.128. The Morgan fingerprint density at radius 2 is 1.67 bits per heavy atom. The highest BCUT2D eigenvalue weighted by atomic mass is 32.2. The van der Waals surface area contributed by atoms with Gasteiger partial charge in [0.1, 0.15) is 15.9 Å². The van der Waals surface area contributed by atoms with Crippen LogP contribution in [0.4, 0.5) is 0 Å². The molecule has 3 amide bonds. The Morgan fingerprint density at radius 1 is 1.17 bits per heavy atom. The monoisotopic (exact) mass is 353 g/mol. The zero-order valence-corrected chi connectivity index (χ0v) is 14.5. The Morgan fingerprint density at radius 3 is 2.08 bits per heavy atom. The fourth-order valence-electron chi connectivity index (χ4n) is 2.49. The maximum absolute atomic E-state index is 12.5. The number of nitrogens with zero attached hydrogens (tertiary/aromatic N) is 2. The maximum Gasteiger partial charge on any atom is 0.262 e. The average Bonchev–Trinajstić information content (AvgIpc) is 2.71. The van der Waals surface area contributed by atoms with Crippen LogP contribution >= 0.6 is 0 Å². The molecule has 0 spiro atoms. The highest BCUT2D eigenvalue weighted by Crippen LogP contribution is 2.25. The van der Waals surface area contributed by atoms with Crippen LogP contribution in [-0.2, 0) is 14.6 Å². The first-order chi connectivity index (χ1) is 11.1. The van der Waals surface area contributed by atoms with E-state index in [0.29, 0.717) is 0 Å². The van der Waals surface area contributed by atoms with E-state index in [4.69, 9.17) is 0 Å². The van der Waals surface area contributed by atoms with Crippen LogP contribution in [0, 0.1) is 0 Å². The summed E-state index contributed by atoms with van der Waals surface area (Å²) < 4.78 is 22.9. The second kappa shape index (κ2) is 6.70. The molecular weight excluding hydrogens is 334 g/mol. The molecule has 0 fully saturated rings. The van der Waals surface area contributed by atoms with Gasteiger partial charge in [0.25, 0.3) is 17.7 Å². The number of imide groups is 1. The molecule has 0 saturated carbocycles. The van der Waals surface area contributed by atoms with Gasteiger partial charge in [-0.15, -0.1) is 0 Å². The summed E-state index contributed by atoms with van der Waals surface area (Å²) in [4.78, 5) is 38.3. The molecule has 24 heavy (non-hydrogen) atoms. The molecule has 1 atom stereocenters. The van der Waals surface area contributed by atoms with Crippen LogP contribution < -0.4 is 5.43 Å². The molecule has 1 heterocycles. The van der Waals surface area contributed by atoms with Crippen LogP contribution in [0.3, 0.4) is 0 Å². The smallest absolute Gasteiger partial charge is 0.262 e. The van der Waals surface area contributed by atoms with Crippen LogP contribution in [0.2, 0.25) is 0 Å². The molecule has 0 bridgehead atoms. The summed E-state index contributed by atoms with van der Waals surface area (Å²) in [6, 6.07) is 5.06. The second-order valence-electron chi connectivity index (χ2n) is 5.83. The predicted octanol–water partition coefficient (Wildman–Crippen LogP) is -0.321. The zero-order valence-electron chi connectivity index (χ0n) is 13.6. The molecule has 0 unspecified atom stereocenters. The number of carbonyl (C=O) groups is 3. The summed E-state index contributed by atoms with van der Waals surface area (Å²) in [6.45, 7) is 0. The third-order valence-electron chi connectivity index (χ3n) is 3.54. The number of carbonyl (C=O) groups excluding carboxylic acids is 3. The van der Waals surface area contributed by atoms with Crippen molar-refractivity contribution in [3.63, 3.8) is 0 Å². The van der Waals surface area contributed by atoms with E-state index in [2.05, 4.69) is 5.43 Å². The summed E-state index contributed by atoms with van der Waals surface area (Å²) in [5.41, 5.74) is 2.90. The van der Waals surface area contributed by atoms with E-state index < -0.39 is 33.6 Å². The van der Waals surface area contributed by atoms with Crippen molar-refractivity contribution in [2.75, 3.05) is 26.1 Å². The molecule has 1 aliphatic rings. The minimum absolute atomic E-state index is 0.163. The van der Waals surface area contributed by atoms with Crippen LogP contribution in [0.1, 0.15) is 27.1 Å². The molecule has 0 aromatic heterocycles. The van der Waals surface area contributed by atoms with Crippen molar-refractivity contribution in [2.24, 2.45) is 0 Å². The van der Waals surface area contributed by atoms with Gasteiger partial charge in [0, 0.05) is 20.4 Å². The van der Waals surface area contributed by atoms with Gasteiger partial charge < -0.3 is 0 Å². The first kappa shape index (κ1) is 18.1. The van der Waals surface area contributed by atoms with Gasteiger partial charge in [-0.05, 0) is 18.6 Å². The lowest BCUT2D eigenvalue weighted by Crippen LogP contribution is -2.53.